The molecule has 190 valence electrons. The smallest absolute Gasteiger partial charge is 0.257 e. The van der Waals surface area contributed by atoms with Crippen LogP contribution in [0.1, 0.15) is 24.2 Å². The molecule has 4 aromatic rings. The van der Waals surface area contributed by atoms with Gasteiger partial charge >= 0.3 is 0 Å². The first-order chi connectivity index (χ1) is 18.0. The quantitative estimate of drug-likeness (QED) is 0.412. The topological polar surface area (TPSA) is 103 Å². The van der Waals surface area contributed by atoms with Crippen molar-refractivity contribution in [3.63, 3.8) is 0 Å². The Balaban J connectivity index is 1.36. The standard InChI is InChI=1S/C27H31N9O/c1-4-35(5-2)26-18-28-16-23(32-26)21-12-20-13-24(31-17-22(20)30-15-21)33-27(37)19-6-7-29-25(14-19)36-10-8-34(3)9-11-36/h6-7,12-18H,4-5,8-11H2,1-3H3,(H,31,33,37). The zero-order chi connectivity index (χ0) is 25.8. The molecule has 1 fully saturated rings. The molecule has 5 rings (SSSR count). The number of nitrogens with zero attached hydrogens (tertiary/aromatic N) is 8. The fraction of sp³-hybridized carbons (Fsp3) is 0.333. The average molecular weight is 498 g/mol. The molecule has 0 bridgehead atoms. The number of aromatic nitrogens is 5. The summed E-state index contributed by atoms with van der Waals surface area (Å²) in [5, 5.41) is 3.77. The minimum absolute atomic E-state index is 0.230. The van der Waals surface area contributed by atoms with E-state index in [0.29, 0.717) is 11.4 Å². The van der Waals surface area contributed by atoms with E-state index in [1.165, 1.54) is 0 Å². The Morgan fingerprint density at radius 3 is 2.57 bits per heavy atom. The summed E-state index contributed by atoms with van der Waals surface area (Å²) in [4.78, 5) is 42.3. The number of hydrogen-bond acceptors (Lipinski definition) is 9. The molecular formula is C27H31N9O. The molecule has 10 nitrogen and oxygen atoms in total. The highest BCUT2D eigenvalue weighted by Crippen LogP contribution is 2.24. The van der Waals surface area contributed by atoms with Crippen LogP contribution in [0.3, 0.4) is 0 Å². The van der Waals surface area contributed by atoms with Gasteiger partial charge in [-0.05, 0) is 45.2 Å². The first-order valence-electron chi connectivity index (χ1n) is 12.6. The summed E-state index contributed by atoms with van der Waals surface area (Å²) in [5.74, 6) is 1.87. The van der Waals surface area contributed by atoms with Crippen LogP contribution in [0, 0.1) is 0 Å². The second-order valence-electron chi connectivity index (χ2n) is 9.07. The molecule has 5 heterocycles. The van der Waals surface area contributed by atoms with Crippen molar-refractivity contribution >= 4 is 34.3 Å². The molecule has 0 radical (unpaired) electrons. The molecule has 1 saturated heterocycles. The van der Waals surface area contributed by atoms with E-state index in [0.717, 1.165) is 73.1 Å². The van der Waals surface area contributed by atoms with Crippen LogP contribution in [0.5, 0.6) is 0 Å². The number of anilines is 3. The van der Waals surface area contributed by atoms with Crippen molar-refractivity contribution in [2.45, 2.75) is 13.8 Å². The number of likely N-dealkylation sites (N-methyl/N-ethyl adjacent to an activating group) is 1. The molecule has 0 aromatic carbocycles. The summed E-state index contributed by atoms with van der Waals surface area (Å²) in [7, 11) is 2.11. The fourth-order valence-corrected chi connectivity index (χ4v) is 4.39. The molecule has 1 N–H and O–H groups in total. The molecule has 4 aromatic heterocycles. The maximum atomic E-state index is 13.0. The highest BCUT2D eigenvalue weighted by atomic mass is 16.1. The average Bonchev–Trinajstić information content (AvgIpc) is 2.94. The van der Waals surface area contributed by atoms with Crippen LogP contribution in [0.4, 0.5) is 17.5 Å². The Morgan fingerprint density at radius 2 is 1.78 bits per heavy atom. The van der Waals surface area contributed by atoms with Crippen LogP contribution < -0.4 is 15.1 Å². The number of amides is 1. The molecule has 1 amide bonds. The Bertz CT molecular complexity index is 1400. The molecular weight excluding hydrogens is 466 g/mol. The van der Waals surface area contributed by atoms with E-state index in [2.05, 4.69) is 60.8 Å². The third kappa shape index (κ3) is 5.49. The number of nitrogens with one attached hydrogen (secondary N) is 1. The molecule has 0 saturated carbocycles. The molecule has 10 heteroatoms. The van der Waals surface area contributed by atoms with Crippen LogP contribution in [0.2, 0.25) is 0 Å². The van der Waals surface area contributed by atoms with Gasteiger partial charge in [0.1, 0.15) is 17.5 Å². The molecule has 37 heavy (non-hydrogen) atoms. The van der Waals surface area contributed by atoms with Gasteiger partial charge in [0.15, 0.2) is 0 Å². The van der Waals surface area contributed by atoms with Crippen LogP contribution >= 0.6 is 0 Å². The third-order valence-electron chi connectivity index (χ3n) is 6.65. The van der Waals surface area contributed by atoms with Gasteiger partial charge in [0, 0.05) is 68.2 Å². The Kier molecular flexibility index (Phi) is 7.18. The van der Waals surface area contributed by atoms with E-state index in [1.807, 2.05) is 18.2 Å². The van der Waals surface area contributed by atoms with E-state index < -0.39 is 0 Å². The Labute approximate surface area is 216 Å². The molecule has 1 aliphatic heterocycles. The summed E-state index contributed by atoms with van der Waals surface area (Å²) >= 11 is 0. The second kappa shape index (κ2) is 10.8. The highest BCUT2D eigenvalue weighted by molar-refractivity contribution is 6.04. The van der Waals surface area contributed by atoms with Gasteiger partial charge in [-0.1, -0.05) is 0 Å². The summed E-state index contributed by atoms with van der Waals surface area (Å²) in [6, 6.07) is 7.38. The predicted octanol–water partition coefficient (Wildman–Crippen LogP) is 3.33. The van der Waals surface area contributed by atoms with Gasteiger partial charge in [-0.25, -0.2) is 15.0 Å². The Morgan fingerprint density at radius 1 is 0.973 bits per heavy atom. The van der Waals surface area contributed by atoms with Crippen LogP contribution in [0.15, 0.2) is 55.2 Å². The molecule has 0 aliphatic carbocycles. The van der Waals surface area contributed by atoms with Crippen molar-refractivity contribution in [1.29, 1.82) is 0 Å². The molecule has 0 unspecified atom stereocenters. The lowest BCUT2D eigenvalue weighted by Crippen LogP contribution is -2.44. The Hall–Kier alpha value is -4.18. The normalized spacial score (nSPS) is 14.1. The van der Waals surface area contributed by atoms with E-state index in [4.69, 9.17) is 4.98 Å². The summed E-state index contributed by atoms with van der Waals surface area (Å²) in [5.41, 5.74) is 2.87. The number of rotatable bonds is 7. The van der Waals surface area contributed by atoms with Gasteiger partial charge in [0.05, 0.1) is 29.8 Å². The first-order valence-corrected chi connectivity index (χ1v) is 12.6. The van der Waals surface area contributed by atoms with Crippen molar-refractivity contribution in [3.8, 4) is 11.3 Å². The van der Waals surface area contributed by atoms with Gasteiger partial charge in [-0.2, -0.15) is 0 Å². The number of pyridine rings is 3. The zero-order valence-corrected chi connectivity index (χ0v) is 21.4. The van der Waals surface area contributed by atoms with E-state index >= 15 is 0 Å². The predicted molar refractivity (Wildman–Crippen MR) is 146 cm³/mol. The van der Waals surface area contributed by atoms with E-state index in [9.17, 15) is 4.79 Å². The first kappa shape index (κ1) is 24.5. The lowest BCUT2D eigenvalue weighted by Gasteiger charge is -2.33. The summed E-state index contributed by atoms with van der Waals surface area (Å²) in [6.07, 6.45) is 8.63. The van der Waals surface area contributed by atoms with Crippen molar-refractivity contribution < 1.29 is 4.79 Å². The van der Waals surface area contributed by atoms with Crippen LogP contribution in [0.25, 0.3) is 22.2 Å². The maximum absolute atomic E-state index is 13.0. The minimum atomic E-state index is -0.230. The lowest BCUT2D eigenvalue weighted by molar-refractivity contribution is 0.102. The van der Waals surface area contributed by atoms with Gasteiger partial charge in [0.25, 0.3) is 5.91 Å². The number of fused-ring (bicyclic) bond motifs is 1. The zero-order valence-electron chi connectivity index (χ0n) is 21.4. The van der Waals surface area contributed by atoms with Gasteiger partial charge in [-0.3, -0.25) is 14.8 Å². The molecule has 0 atom stereocenters. The molecule has 0 spiro atoms. The monoisotopic (exact) mass is 497 g/mol. The maximum Gasteiger partial charge on any atom is 0.257 e. The van der Waals surface area contributed by atoms with Crippen molar-refractivity contribution in [3.05, 3.63) is 60.8 Å². The minimum Gasteiger partial charge on any atom is -0.356 e. The number of piperazine rings is 1. The largest absolute Gasteiger partial charge is 0.356 e. The second-order valence-corrected chi connectivity index (χ2v) is 9.07. The summed E-state index contributed by atoms with van der Waals surface area (Å²) < 4.78 is 0. The van der Waals surface area contributed by atoms with Gasteiger partial charge in [0.2, 0.25) is 0 Å². The van der Waals surface area contributed by atoms with E-state index in [-0.39, 0.29) is 5.91 Å². The van der Waals surface area contributed by atoms with Crippen molar-refractivity contribution in [2.24, 2.45) is 0 Å². The number of hydrogen-bond donors (Lipinski definition) is 1. The van der Waals surface area contributed by atoms with Crippen molar-refractivity contribution in [1.82, 2.24) is 29.8 Å². The fourth-order valence-electron chi connectivity index (χ4n) is 4.39. The van der Waals surface area contributed by atoms with Crippen molar-refractivity contribution in [2.75, 3.05) is 61.4 Å². The summed E-state index contributed by atoms with van der Waals surface area (Å²) in [6.45, 7) is 9.62. The van der Waals surface area contributed by atoms with Gasteiger partial charge < -0.3 is 20.0 Å². The van der Waals surface area contributed by atoms with Gasteiger partial charge in [-0.15, -0.1) is 0 Å². The number of carbonyl (C=O) groups is 1. The molecule has 1 aliphatic rings. The van der Waals surface area contributed by atoms with Crippen LogP contribution in [-0.2, 0) is 0 Å². The SMILES string of the molecule is CCN(CC)c1cncc(-c2cnc3cnc(NC(=O)c4ccnc(N5CCN(C)CC5)c4)cc3c2)n1. The van der Waals surface area contributed by atoms with E-state index in [1.54, 1.807) is 37.1 Å². The third-order valence-corrected chi connectivity index (χ3v) is 6.65. The number of carbonyl (C=O) groups excluding carboxylic acids is 1. The lowest BCUT2D eigenvalue weighted by atomic mass is 10.1. The highest BCUT2D eigenvalue weighted by Gasteiger charge is 2.17. The van der Waals surface area contributed by atoms with Crippen LogP contribution in [-0.4, -0.2) is 82.0 Å².